The predicted molar refractivity (Wildman–Crippen MR) is 64.8 cm³/mol. The Morgan fingerprint density at radius 3 is 2.94 bits per heavy atom. The number of nitro benzene ring substituents is 1. The summed E-state index contributed by atoms with van der Waals surface area (Å²) in [7, 11) is 0. The molecule has 1 heterocycles. The highest BCUT2D eigenvalue weighted by Gasteiger charge is 2.08. The third-order valence-electron chi connectivity index (χ3n) is 2.49. The zero-order valence-corrected chi connectivity index (χ0v) is 9.85. The molecule has 0 aliphatic heterocycles. The zero-order chi connectivity index (χ0) is 13.1. The van der Waals surface area contributed by atoms with E-state index in [9.17, 15) is 10.1 Å². The van der Waals surface area contributed by atoms with Crippen molar-refractivity contribution < 1.29 is 4.92 Å². The van der Waals surface area contributed by atoms with Gasteiger partial charge in [-0.2, -0.15) is 0 Å². The molecule has 0 radical (unpaired) electrons. The first kappa shape index (κ1) is 12.2. The number of nitrogens with zero attached hydrogens (tertiary/aromatic N) is 4. The third-order valence-corrected chi connectivity index (χ3v) is 2.49. The molecule has 7 nitrogen and oxygen atoms in total. The van der Waals surface area contributed by atoms with Gasteiger partial charge in [0.15, 0.2) is 0 Å². The summed E-state index contributed by atoms with van der Waals surface area (Å²) in [5.41, 5.74) is 7.24. The number of non-ortho nitro benzene ring substituents is 1. The molecule has 0 bridgehead atoms. The van der Waals surface area contributed by atoms with Gasteiger partial charge in [0.1, 0.15) is 0 Å². The molecule has 0 fully saturated rings. The Morgan fingerprint density at radius 1 is 1.56 bits per heavy atom. The maximum absolute atomic E-state index is 10.7. The van der Waals surface area contributed by atoms with Gasteiger partial charge in [0, 0.05) is 18.2 Å². The Hall–Kier alpha value is -2.28. The van der Waals surface area contributed by atoms with Gasteiger partial charge in [0.25, 0.3) is 5.69 Å². The van der Waals surface area contributed by atoms with Crippen molar-refractivity contribution >= 4 is 5.69 Å². The standard InChI is InChI=1S/C11H13N5O2/c1-8(12)11-7-15(14-13-11)6-9-3-2-4-10(5-9)16(17)18/h2-5,7-8H,6,12H2,1H3. The van der Waals surface area contributed by atoms with Gasteiger partial charge in [0.05, 0.1) is 23.4 Å². The minimum absolute atomic E-state index is 0.0695. The molecule has 94 valence electrons. The van der Waals surface area contributed by atoms with Crippen LogP contribution in [0.5, 0.6) is 0 Å². The van der Waals surface area contributed by atoms with Crippen LogP contribution in [0.3, 0.4) is 0 Å². The van der Waals surface area contributed by atoms with Crippen molar-refractivity contribution in [3.8, 4) is 0 Å². The number of hydrogen-bond donors (Lipinski definition) is 1. The summed E-state index contributed by atoms with van der Waals surface area (Å²) in [5.74, 6) is 0. The average molecular weight is 247 g/mol. The van der Waals surface area contributed by atoms with E-state index in [0.717, 1.165) is 5.56 Å². The number of nitro groups is 1. The van der Waals surface area contributed by atoms with Gasteiger partial charge < -0.3 is 5.73 Å². The van der Waals surface area contributed by atoms with Crippen LogP contribution in [0, 0.1) is 10.1 Å². The Kier molecular flexibility index (Phi) is 3.33. The van der Waals surface area contributed by atoms with Gasteiger partial charge in [-0.1, -0.05) is 17.3 Å². The van der Waals surface area contributed by atoms with E-state index in [1.807, 2.05) is 6.92 Å². The summed E-state index contributed by atoms with van der Waals surface area (Å²) >= 11 is 0. The molecule has 2 aromatic rings. The number of nitrogens with two attached hydrogens (primary N) is 1. The summed E-state index contributed by atoms with van der Waals surface area (Å²) in [6, 6.07) is 6.26. The molecular weight excluding hydrogens is 234 g/mol. The molecule has 0 aliphatic carbocycles. The van der Waals surface area contributed by atoms with Crippen LogP contribution >= 0.6 is 0 Å². The topological polar surface area (TPSA) is 99.9 Å². The quantitative estimate of drug-likeness (QED) is 0.647. The molecule has 7 heteroatoms. The molecule has 2 rings (SSSR count). The Balaban J connectivity index is 2.17. The van der Waals surface area contributed by atoms with Crippen LogP contribution in [-0.4, -0.2) is 19.9 Å². The van der Waals surface area contributed by atoms with Gasteiger partial charge in [-0.15, -0.1) is 5.10 Å². The number of hydrogen-bond acceptors (Lipinski definition) is 5. The molecule has 0 saturated carbocycles. The summed E-state index contributed by atoms with van der Waals surface area (Å²) in [6.45, 7) is 2.25. The van der Waals surface area contributed by atoms with Crippen LogP contribution in [0.1, 0.15) is 24.2 Å². The maximum atomic E-state index is 10.7. The van der Waals surface area contributed by atoms with Crippen molar-refractivity contribution in [2.45, 2.75) is 19.5 Å². The van der Waals surface area contributed by atoms with Crippen molar-refractivity contribution in [3.63, 3.8) is 0 Å². The summed E-state index contributed by atoms with van der Waals surface area (Å²) in [5, 5.41) is 18.5. The van der Waals surface area contributed by atoms with Crippen LogP contribution in [0.15, 0.2) is 30.5 Å². The van der Waals surface area contributed by atoms with E-state index < -0.39 is 4.92 Å². The first-order valence-electron chi connectivity index (χ1n) is 5.45. The lowest BCUT2D eigenvalue weighted by Crippen LogP contribution is -2.05. The van der Waals surface area contributed by atoms with Crippen molar-refractivity contribution in [1.82, 2.24) is 15.0 Å². The van der Waals surface area contributed by atoms with E-state index in [0.29, 0.717) is 12.2 Å². The number of rotatable bonds is 4. The van der Waals surface area contributed by atoms with Gasteiger partial charge in [-0.3, -0.25) is 10.1 Å². The molecule has 2 N–H and O–H groups in total. The Labute approximate surface area is 103 Å². The number of aromatic nitrogens is 3. The highest BCUT2D eigenvalue weighted by molar-refractivity contribution is 5.34. The van der Waals surface area contributed by atoms with E-state index in [2.05, 4.69) is 10.3 Å². The lowest BCUT2D eigenvalue weighted by molar-refractivity contribution is -0.384. The second kappa shape index (κ2) is 4.92. The monoisotopic (exact) mass is 247 g/mol. The average Bonchev–Trinajstić information content (AvgIpc) is 2.78. The lowest BCUT2D eigenvalue weighted by atomic mass is 10.2. The molecular formula is C11H13N5O2. The SMILES string of the molecule is CC(N)c1cn(Cc2cccc([N+](=O)[O-])c2)nn1. The first-order chi connectivity index (χ1) is 8.56. The third kappa shape index (κ3) is 2.69. The van der Waals surface area contributed by atoms with Crippen molar-refractivity contribution in [1.29, 1.82) is 0 Å². The van der Waals surface area contributed by atoms with Crippen LogP contribution < -0.4 is 5.73 Å². The molecule has 0 amide bonds. The highest BCUT2D eigenvalue weighted by Crippen LogP contribution is 2.14. The Morgan fingerprint density at radius 2 is 2.33 bits per heavy atom. The fourth-order valence-corrected chi connectivity index (χ4v) is 1.55. The van der Waals surface area contributed by atoms with E-state index in [-0.39, 0.29) is 11.7 Å². The van der Waals surface area contributed by atoms with Crippen molar-refractivity contribution in [3.05, 3.63) is 51.8 Å². The van der Waals surface area contributed by atoms with Crippen LogP contribution in [-0.2, 0) is 6.54 Å². The highest BCUT2D eigenvalue weighted by atomic mass is 16.6. The number of benzene rings is 1. The molecule has 0 saturated heterocycles. The van der Waals surface area contributed by atoms with E-state index in [4.69, 9.17) is 5.73 Å². The molecule has 1 aromatic heterocycles. The summed E-state index contributed by atoms with van der Waals surface area (Å²) < 4.78 is 1.61. The molecule has 18 heavy (non-hydrogen) atoms. The fraction of sp³-hybridized carbons (Fsp3) is 0.273. The molecule has 0 aliphatic rings. The summed E-state index contributed by atoms with van der Waals surface area (Å²) in [6.07, 6.45) is 1.74. The normalized spacial score (nSPS) is 12.3. The van der Waals surface area contributed by atoms with Gasteiger partial charge in [-0.25, -0.2) is 4.68 Å². The van der Waals surface area contributed by atoms with Crippen molar-refractivity contribution in [2.24, 2.45) is 5.73 Å². The lowest BCUT2D eigenvalue weighted by Gasteiger charge is -2.01. The van der Waals surface area contributed by atoms with Crippen LogP contribution in [0.2, 0.25) is 0 Å². The maximum Gasteiger partial charge on any atom is 0.269 e. The van der Waals surface area contributed by atoms with Gasteiger partial charge in [-0.05, 0) is 12.5 Å². The second-order valence-electron chi connectivity index (χ2n) is 4.06. The minimum atomic E-state index is -0.418. The molecule has 1 unspecified atom stereocenters. The van der Waals surface area contributed by atoms with E-state index >= 15 is 0 Å². The zero-order valence-electron chi connectivity index (χ0n) is 9.85. The smallest absolute Gasteiger partial charge is 0.269 e. The van der Waals surface area contributed by atoms with Crippen LogP contribution in [0.4, 0.5) is 5.69 Å². The first-order valence-corrected chi connectivity index (χ1v) is 5.45. The van der Waals surface area contributed by atoms with E-state index in [1.165, 1.54) is 12.1 Å². The molecule has 1 aromatic carbocycles. The van der Waals surface area contributed by atoms with Crippen LogP contribution in [0.25, 0.3) is 0 Å². The van der Waals surface area contributed by atoms with Gasteiger partial charge in [0.2, 0.25) is 0 Å². The Bertz CT molecular complexity index is 564. The minimum Gasteiger partial charge on any atom is -0.323 e. The van der Waals surface area contributed by atoms with Gasteiger partial charge >= 0.3 is 0 Å². The fourth-order valence-electron chi connectivity index (χ4n) is 1.55. The molecule has 0 spiro atoms. The van der Waals surface area contributed by atoms with E-state index in [1.54, 1.807) is 23.0 Å². The van der Waals surface area contributed by atoms with Crippen molar-refractivity contribution in [2.75, 3.05) is 0 Å². The predicted octanol–water partition coefficient (Wildman–Crippen LogP) is 1.25. The summed E-state index contributed by atoms with van der Waals surface area (Å²) in [4.78, 5) is 10.2. The second-order valence-corrected chi connectivity index (χ2v) is 4.06. The largest absolute Gasteiger partial charge is 0.323 e. The molecule has 1 atom stereocenters.